The van der Waals surface area contributed by atoms with Gasteiger partial charge in [-0.2, -0.15) is 0 Å². The first-order chi connectivity index (χ1) is 7.39. The van der Waals surface area contributed by atoms with Gasteiger partial charge in [0.25, 0.3) is 0 Å². The number of fused-ring (bicyclic) bond motifs is 1. The van der Waals surface area contributed by atoms with Gasteiger partial charge in [-0.05, 0) is 34.6 Å². The number of hydrogen-bond donors (Lipinski definition) is 2. The number of hydrogen-bond acceptors (Lipinski definition) is 2. The summed E-state index contributed by atoms with van der Waals surface area (Å²) in [5.41, 5.74) is 5.62. The van der Waals surface area contributed by atoms with Crippen LogP contribution in [0.3, 0.4) is 0 Å². The Hall–Kier alpha value is -1.18. The smallest absolute Gasteiger partial charge is 0.0850 e. The Labute approximate surface area is 98.4 Å². The Morgan fingerprint density at radius 1 is 1.06 bits per heavy atom. The van der Waals surface area contributed by atoms with Crippen molar-refractivity contribution in [3.05, 3.63) is 23.3 Å². The third-order valence-electron chi connectivity index (χ3n) is 3.18. The summed E-state index contributed by atoms with van der Waals surface area (Å²) in [6, 6.07) is 4.62. The van der Waals surface area contributed by atoms with Crippen molar-refractivity contribution in [2.75, 3.05) is 17.3 Å². The second-order valence-electron chi connectivity index (χ2n) is 5.92. The first-order valence-electron chi connectivity index (χ1n) is 6.06. The fourth-order valence-electron chi connectivity index (χ4n) is 2.27. The first-order valence-corrected chi connectivity index (χ1v) is 6.06. The van der Waals surface area contributed by atoms with Crippen LogP contribution in [0.5, 0.6) is 0 Å². The maximum Gasteiger partial charge on any atom is 0.0850 e. The van der Waals surface area contributed by atoms with Crippen molar-refractivity contribution in [2.45, 2.75) is 46.0 Å². The van der Waals surface area contributed by atoms with Gasteiger partial charge in [0.1, 0.15) is 0 Å². The van der Waals surface area contributed by atoms with Crippen LogP contribution in [0.2, 0.25) is 0 Å². The van der Waals surface area contributed by atoms with Crippen LogP contribution < -0.4 is 10.6 Å². The molecule has 0 fully saturated rings. The summed E-state index contributed by atoms with van der Waals surface area (Å²) in [6.07, 6.45) is 0. The molecular weight excluding hydrogens is 196 g/mol. The quantitative estimate of drug-likeness (QED) is 0.747. The second-order valence-corrected chi connectivity index (χ2v) is 5.92. The Morgan fingerprint density at radius 3 is 2.12 bits per heavy atom. The standard InChI is InChI=1S/C14H22N2/c1-9(2)10-6-12-13(16-8-15-12)7-11(10)14(3,4)5/h6-7,9,15-16H,8H2,1-5H3. The van der Waals surface area contributed by atoms with Crippen molar-refractivity contribution < 1.29 is 0 Å². The zero-order chi connectivity index (χ0) is 11.9. The van der Waals surface area contributed by atoms with E-state index in [1.807, 2.05) is 0 Å². The van der Waals surface area contributed by atoms with Crippen LogP contribution in [0.15, 0.2) is 12.1 Å². The number of nitrogens with one attached hydrogen (secondary N) is 2. The monoisotopic (exact) mass is 218 g/mol. The average Bonchev–Trinajstić information content (AvgIpc) is 2.60. The minimum Gasteiger partial charge on any atom is -0.366 e. The van der Waals surface area contributed by atoms with Crippen LogP contribution in [-0.2, 0) is 5.41 Å². The summed E-state index contributed by atoms with van der Waals surface area (Å²) in [6.45, 7) is 12.2. The zero-order valence-corrected chi connectivity index (χ0v) is 10.9. The Balaban J connectivity index is 2.58. The minimum absolute atomic E-state index is 0.207. The molecule has 0 unspecified atom stereocenters. The number of benzene rings is 1. The molecule has 2 heteroatoms. The van der Waals surface area contributed by atoms with E-state index >= 15 is 0 Å². The maximum absolute atomic E-state index is 3.37. The Kier molecular flexibility index (Phi) is 2.61. The molecule has 0 saturated carbocycles. The van der Waals surface area contributed by atoms with Crippen LogP contribution >= 0.6 is 0 Å². The number of rotatable bonds is 1. The Bertz CT molecular complexity index is 400. The molecule has 1 aromatic carbocycles. The molecule has 16 heavy (non-hydrogen) atoms. The summed E-state index contributed by atoms with van der Waals surface area (Å²) >= 11 is 0. The van der Waals surface area contributed by atoms with E-state index in [0.717, 1.165) is 6.67 Å². The van der Waals surface area contributed by atoms with E-state index in [9.17, 15) is 0 Å². The highest BCUT2D eigenvalue weighted by Gasteiger charge is 2.23. The Morgan fingerprint density at radius 2 is 1.62 bits per heavy atom. The molecule has 2 N–H and O–H groups in total. The molecule has 0 aromatic heterocycles. The van der Waals surface area contributed by atoms with Crippen molar-refractivity contribution in [3.8, 4) is 0 Å². The van der Waals surface area contributed by atoms with Crippen molar-refractivity contribution >= 4 is 11.4 Å². The first kappa shape index (κ1) is 11.3. The highest BCUT2D eigenvalue weighted by atomic mass is 15.1. The van der Waals surface area contributed by atoms with E-state index in [1.54, 1.807) is 0 Å². The average molecular weight is 218 g/mol. The van der Waals surface area contributed by atoms with Gasteiger partial charge >= 0.3 is 0 Å². The van der Waals surface area contributed by atoms with Crippen LogP contribution in [-0.4, -0.2) is 6.67 Å². The summed E-state index contributed by atoms with van der Waals surface area (Å²) in [7, 11) is 0. The lowest BCUT2D eigenvalue weighted by Gasteiger charge is -2.25. The molecule has 0 spiro atoms. The van der Waals surface area contributed by atoms with Gasteiger partial charge in [-0.1, -0.05) is 34.6 Å². The summed E-state index contributed by atoms with van der Waals surface area (Å²) < 4.78 is 0. The fraction of sp³-hybridized carbons (Fsp3) is 0.571. The minimum atomic E-state index is 0.207. The summed E-state index contributed by atoms with van der Waals surface area (Å²) in [5.74, 6) is 0.571. The van der Waals surface area contributed by atoms with E-state index in [-0.39, 0.29) is 5.41 Å². The van der Waals surface area contributed by atoms with Crippen molar-refractivity contribution in [3.63, 3.8) is 0 Å². The molecule has 0 amide bonds. The van der Waals surface area contributed by atoms with Gasteiger partial charge in [-0.3, -0.25) is 0 Å². The lowest BCUT2D eigenvalue weighted by molar-refractivity contribution is 0.577. The van der Waals surface area contributed by atoms with Crippen LogP contribution in [0.25, 0.3) is 0 Å². The lowest BCUT2D eigenvalue weighted by Crippen LogP contribution is -2.15. The van der Waals surface area contributed by atoms with Gasteiger partial charge in [0.15, 0.2) is 0 Å². The topological polar surface area (TPSA) is 24.1 Å². The van der Waals surface area contributed by atoms with Gasteiger partial charge in [-0.15, -0.1) is 0 Å². The maximum atomic E-state index is 3.37. The molecule has 1 aliphatic rings. The van der Waals surface area contributed by atoms with Gasteiger partial charge < -0.3 is 10.6 Å². The molecule has 88 valence electrons. The highest BCUT2D eigenvalue weighted by molar-refractivity contribution is 5.75. The van der Waals surface area contributed by atoms with Crippen LogP contribution in [0.1, 0.15) is 51.7 Å². The molecule has 2 rings (SSSR count). The fourth-order valence-corrected chi connectivity index (χ4v) is 2.27. The molecule has 0 saturated heterocycles. The molecule has 1 heterocycles. The van der Waals surface area contributed by atoms with Gasteiger partial charge in [0.2, 0.25) is 0 Å². The largest absolute Gasteiger partial charge is 0.366 e. The van der Waals surface area contributed by atoms with Crippen molar-refractivity contribution in [1.29, 1.82) is 0 Å². The predicted molar refractivity (Wildman–Crippen MR) is 71.3 cm³/mol. The molecule has 0 bridgehead atoms. The van der Waals surface area contributed by atoms with E-state index < -0.39 is 0 Å². The summed E-state index contributed by atoms with van der Waals surface area (Å²) in [5, 5.41) is 6.73. The third kappa shape index (κ3) is 1.89. The zero-order valence-electron chi connectivity index (χ0n) is 10.9. The van der Waals surface area contributed by atoms with E-state index in [4.69, 9.17) is 0 Å². The van der Waals surface area contributed by atoms with Gasteiger partial charge in [0.05, 0.1) is 18.0 Å². The van der Waals surface area contributed by atoms with Crippen molar-refractivity contribution in [1.82, 2.24) is 0 Å². The SMILES string of the molecule is CC(C)c1cc2c(cc1C(C)(C)C)NCN2. The molecule has 2 nitrogen and oxygen atoms in total. The third-order valence-corrected chi connectivity index (χ3v) is 3.18. The van der Waals surface area contributed by atoms with Crippen LogP contribution in [0.4, 0.5) is 11.4 Å². The van der Waals surface area contributed by atoms with Crippen molar-refractivity contribution in [2.24, 2.45) is 0 Å². The molecular formula is C14H22N2. The normalized spacial score (nSPS) is 14.6. The highest BCUT2D eigenvalue weighted by Crippen LogP contribution is 2.38. The van der Waals surface area contributed by atoms with Gasteiger partial charge in [-0.25, -0.2) is 0 Å². The molecule has 1 aromatic rings. The predicted octanol–water partition coefficient (Wildman–Crippen LogP) is 3.90. The lowest BCUT2D eigenvalue weighted by atomic mass is 9.80. The van der Waals surface area contributed by atoms with Crippen LogP contribution in [0, 0.1) is 0 Å². The summed E-state index contributed by atoms with van der Waals surface area (Å²) in [4.78, 5) is 0. The molecule has 0 radical (unpaired) electrons. The van der Waals surface area contributed by atoms with E-state index in [1.165, 1.54) is 22.5 Å². The van der Waals surface area contributed by atoms with E-state index in [2.05, 4.69) is 57.4 Å². The second kappa shape index (κ2) is 3.69. The van der Waals surface area contributed by atoms with Gasteiger partial charge in [0, 0.05) is 0 Å². The molecule has 0 aliphatic carbocycles. The van der Waals surface area contributed by atoms with E-state index in [0.29, 0.717) is 5.92 Å². The number of anilines is 2. The molecule has 0 atom stereocenters. The molecule has 1 aliphatic heterocycles.